The monoisotopic (exact) mass is 289 g/mol. The van der Waals surface area contributed by atoms with Crippen LogP contribution in [0.15, 0.2) is 24.3 Å². The highest BCUT2D eigenvalue weighted by atomic mass is 35.5. The third kappa shape index (κ3) is 3.48. The number of rotatable bonds is 5. The molecular formula is C16H20ClN3. The summed E-state index contributed by atoms with van der Waals surface area (Å²) >= 11 is 6.19. The third-order valence-corrected chi connectivity index (χ3v) is 3.48. The van der Waals surface area contributed by atoms with E-state index < -0.39 is 0 Å². The number of aryl methyl sites for hydroxylation is 2. The number of benzene rings is 1. The Bertz CT molecular complexity index is 572. The molecule has 4 heteroatoms. The topological polar surface area (TPSA) is 37.8 Å². The molecule has 0 bridgehead atoms. The summed E-state index contributed by atoms with van der Waals surface area (Å²) in [5, 5.41) is 4.01. The maximum atomic E-state index is 6.19. The van der Waals surface area contributed by atoms with E-state index in [1.165, 1.54) is 0 Å². The molecule has 1 aromatic carbocycles. The first-order chi connectivity index (χ1) is 9.63. The van der Waals surface area contributed by atoms with E-state index in [-0.39, 0.29) is 0 Å². The van der Waals surface area contributed by atoms with Crippen LogP contribution >= 0.6 is 11.6 Å². The molecule has 0 aliphatic heterocycles. The standard InChI is InChI=1S/C16H20ClN3/c1-4-6-13-10-15(18-5-2)20-16(19-13)12-8-7-11(3)14(17)9-12/h7-10H,4-6H2,1-3H3,(H,18,19,20). The van der Waals surface area contributed by atoms with Crippen LogP contribution in [0.25, 0.3) is 11.4 Å². The van der Waals surface area contributed by atoms with Crippen LogP contribution in [0.4, 0.5) is 5.82 Å². The van der Waals surface area contributed by atoms with Gasteiger partial charge >= 0.3 is 0 Å². The van der Waals surface area contributed by atoms with Gasteiger partial charge in [0.1, 0.15) is 5.82 Å². The predicted molar refractivity (Wildman–Crippen MR) is 85.4 cm³/mol. The van der Waals surface area contributed by atoms with Crippen LogP contribution in [0.3, 0.4) is 0 Å². The van der Waals surface area contributed by atoms with Crippen molar-refractivity contribution < 1.29 is 0 Å². The molecule has 0 radical (unpaired) electrons. The summed E-state index contributed by atoms with van der Waals surface area (Å²) in [7, 11) is 0. The minimum Gasteiger partial charge on any atom is -0.370 e. The Labute approximate surface area is 125 Å². The number of hydrogen-bond donors (Lipinski definition) is 1. The van der Waals surface area contributed by atoms with Crippen molar-refractivity contribution >= 4 is 17.4 Å². The lowest BCUT2D eigenvalue weighted by Gasteiger charge is -2.09. The van der Waals surface area contributed by atoms with Gasteiger partial charge in [-0.15, -0.1) is 0 Å². The fourth-order valence-electron chi connectivity index (χ4n) is 2.01. The van der Waals surface area contributed by atoms with Crippen molar-refractivity contribution in [2.45, 2.75) is 33.6 Å². The predicted octanol–water partition coefficient (Wildman–Crippen LogP) is 4.49. The van der Waals surface area contributed by atoms with Gasteiger partial charge in [-0.1, -0.05) is 37.1 Å². The van der Waals surface area contributed by atoms with E-state index in [4.69, 9.17) is 11.6 Å². The van der Waals surface area contributed by atoms with Crippen molar-refractivity contribution in [3.63, 3.8) is 0 Å². The van der Waals surface area contributed by atoms with Crippen LogP contribution in [0.1, 0.15) is 31.5 Å². The van der Waals surface area contributed by atoms with Gasteiger partial charge in [0, 0.05) is 28.9 Å². The van der Waals surface area contributed by atoms with Crippen molar-refractivity contribution in [3.05, 3.63) is 40.5 Å². The molecule has 20 heavy (non-hydrogen) atoms. The summed E-state index contributed by atoms with van der Waals surface area (Å²) in [6.45, 7) is 7.04. The van der Waals surface area contributed by atoms with Crippen molar-refractivity contribution in [1.29, 1.82) is 0 Å². The van der Waals surface area contributed by atoms with Gasteiger partial charge in [0.05, 0.1) is 0 Å². The quantitative estimate of drug-likeness (QED) is 0.881. The fourth-order valence-corrected chi connectivity index (χ4v) is 2.19. The number of hydrogen-bond acceptors (Lipinski definition) is 3. The second-order valence-electron chi connectivity index (χ2n) is 4.81. The molecule has 1 heterocycles. The van der Waals surface area contributed by atoms with Gasteiger partial charge in [0.25, 0.3) is 0 Å². The summed E-state index contributed by atoms with van der Waals surface area (Å²) in [6.07, 6.45) is 2.02. The van der Waals surface area contributed by atoms with E-state index in [9.17, 15) is 0 Å². The molecule has 3 nitrogen and oxygen atoms in total. The number of nitrogens with zero attached hydrogens (tertiary/aromatic N) is 2. The first-order valence-corrected chi connectivity index (χ1v) is 7.40. The Morgan fingerprint density at radius 3 is 2.60 bits per heavy atom. The molecule has 0 spiro atoms. The molecule has 1 N–H and O–H groups in total. The zero-order valence-electron chi connectivity index (χ0n) is 12.2. The molecule has 0 aliphatic rings. The summed E-state index contributed by atoms with van der Waals surface area (Å²) in [5.41, 5.74) is 3.08. The molecule has 0 saturated heterocycles. The zero-order chi connectivity index (χ0) is 14.5. The molecule has 0 fully saturated rings. The van der Waals surface area contributed by atoms with E-state index in [1.807, 2.05) is 31.2 Å². The molecule has 2 aromatic rings. The van der Waals surface area contributed by atoms with Gasteiger partial charge in [0.2, 0.25) is 0 Å². The van der Waals surface area contributed by atoms with Crippen LogP contribution in [0, 0.1) is 6.92 Å². The van der Waals surface area contributed by atoms with Crippen molar-refractivity contribution in [2.75, 3.05) is 11.9 Å². The number of aromatic nitrogens is 2. The van der Waals surface area contributed by atoms with Gasteiger partial charge in [0.15, 0.2) is 5.82 Å². The van der Waals surface area contributed by atoms with E-state index in [1.54, 1.807) is 0 Å². The van der Waals surface area contributed by atoms with Crippen LogP contribution < -0.4 is 5.32 Å². The Morgan fingerprint density at radius 2 is 1.95 bits per heavy atom. The number of halogens is 1. The third-order valence-electron chi connectivity index (χ3n) is 3.07. The largest absolute Gasteiger partial charge is 0.370 e. The van der Waals surface area contributed by atoms with E-state index in [0.29, 0.717) is 0 Å². The summed E-state index contributed by atoms with van der Waals surface area (Å²) in [6, 6.07) is 7.96. The molecule has 1 aromatic heterocycles. The average molecular weight is 290 g/mol. The molecular weight excluding hydrogens is 270 g/mol. The van der Waals surface area contributed by atoms with Crippen LogP contribution in [-0.2, 0) is 6.42 Å². The van der Waals surface area contributed by atoms with E-state index in [2.05, 4.69) is 29.1 Å². The SMILES string of the molecule is CCCc1cc(NCC)nc(-c2ccc(C)c(Cl)c2)n1. The van der Waals surface area contributed by atoms with Crippen molar-refractivity contribution in [1.82, 2.24) is 9.97 Å². The molecule has 0 amide bonds. The number of nitrogens with one attached hydrogen (secondary N) is 1. The molecule has 0 atom stereocenters. The highest BCUT2D eigenvalue weighted by Crippen LogP contribution is 2.24. The lowest BCUT2D eigenvalue weighted by atomic mass is 10.1. The average Bonchev–Trinajstić information content (AvgIpc) is 2.42. The lowest BCUT2D eigenvalue weighted by molar-refractivity contribution is 0.875. The van der Waals surface area contributed by atoms with Gasteiger partial charge in [-0.2, -0.15) is 0 Å². The van der Waals surface area contributed by atoms with Crippen molar-refractivity contribution in [3.8, 4) is 11.4 Å². The first kappa shape index (κ1) is 14.8. The number of anilines is 1. The normalized spacial score (nSPS) is 10.6. The summed E-state index contributed by atoms with van der Waals surface area (Å²) < 4.78 is 0. The Hall–Kier alpha value is -1.61. The summed E-state index contributed by atoms with van der Waals surface area (Å²) in [5.74, 6) is 1.60. The van der Waals surface area contributed by atoms with Gasteiger partial charge in [-0.3, -0.25) is 0 Å². The maximum absolute atomic E-state index is 6.19. The van der Waals surface area contributed by atoms with Crippen molar-refractivity contribution in [2.24, 2.45) is 0 Å². The van der Waals surface area contributed by atoms with Crippen LogP contribution in [0.5, 0.6) is 0 Å². The van der Waals surface area contributed by atoms with E-state index in [0.717, 1.165) is 52.9 Å². The van der Waals surface area contributed by atoms with Gasteiger partial charge < -0.3 is 5.32 Å². The minimum atomic E-state index is 0.730. The Balaban J connectivity index is 2.45. The second-order valence-corrected chi connectivity index (χ2v) is 5.22. The lowest BCUT2D eigenvalue weighted by Crippen LogP contribution is -2.04. The second kappa shape index (κ2) is 6.71. The molecule has 0 aliphatic carbocycles. The van der Waals surface area contributed by atoms with Crippen LogP contribution in [-0.4, -0.2) is 16.5 Å². The zero-order valence-corrected chi connectivity index (χ0v) is 13.0. The summed E-state index contributed by atoms with van der Waals surface area (Å²) in [4.78, 5) is 9.20. The Morgan fingerprint density at radius 1 is 1.15 bits per heavy atom. The highest BCUT2D eigenvalue weighted by molar-refractivity contribution is 6.31. The molecule has 0 saturated carbocycles. The van der Waals surface area contributed by atoms with Gasteiger partial charge in [-0.25, -0.2) is 9.97 Å². The maximum Gasteiger partial charge on any atom is 0.161 e. The van der Waals surface area contributed by atoms with Crippen LogP contribution in [0.2, 0.25) is 5.02 Å². The minimum absolute atomic E-state index is 0.730. The molecule has 2 rings (SSSR count). The Kier molecular flexibility index (Phi) is 4.96. The van der Waals surface area contributed by atoms with E-state index >= 15 is 0 Å². The molecule has 0 unspecified atom stereocenters. The van der Waals surface area contributed by atoms with Gasteiger partial charge in [-0.05, 0) is 31.9 Å². The highest BCUT2D eigenvalue weighted by Gasteiger charge is 2.08. The smallest absolute Gasteiger partial charge is 0.161 e. The fraction of sp³-hybridized carbons (Fsp3) is 0.375. The molecule has 106 valence electrons. The first-order valence-electron chi connectivity index (χ1n) is 7.02.